The SMILES string of the molecule is COC(=O)c1cccc(NC(=O)c2ccc(NS(=O)(=O)c3cc(C)ccc3C)cc2)c1. The number of hydrogen-bond donors (Lipinski definition) is 2. The van der Waals surface area contributed by atoms with E-state index in [4.69, 9.17) is 0 Å². The van der Waals surface area contributed by atoms with E-state index in [1.165, 1.54) is 37.4 Å². The van der Waals surface area contributed by atoms with E-state index >= 15 is 0 Å². The summed E-state index contributed by atoms with van der Waals surface area (Å²) in [5, 5.41) is 2.70. The van der Waals surface area contributed by atoms with Gasteiger partial charge in [0.2, 0.25) is 0 Å². The van der Waals surface area contributed by atoms with Crippen molar-refractivity contribution in [3.63, 3.8) is 0 Å². The number of ether oxygens (including phenoxy) is 1. The summed E-state index contributed by atoms with van der Waals surface area (Å²) in [5.74, 6) is -0.900. The first-order chi connectivity index (χ1) is 14.7. The Kier molecular flexibility index (Phi) is 6.41. The molecule has 31 heavy (non-hydrogen) atoms. The number of carbonyl (C=O) groups excluding carboxylic acids is 2. The highest BCUT2D eigenvalue weighted by atomic mass is 32.2. The third-order valence-corrected chi connectivity index (χ3v) is 6.10. The van der Waals surface area contributed by atoms with Crippen LogP contribution in [0.4, 0.5) is 11.4 Å². The number of carbonyl (C=O) groups is 2. The highest BCUT2D eigenvalue weighted by Gasteiger charge is 2.17. The van der Waals surface area contributed by atoms with Gasteiger partial charge in [-0.05, 0) is 73.5 Å². The maximum absolute atomic E-state index is 12.7. The van der Waals surface area contributed by atoms with E-state index in [-0.39, 0.29) is 4.90 Å². The van der Waals surface area contributed by atoms with Crippen molar-refractivity contribution in [2.24, 2.45) is 0 Å². The lowest BCUT2D eigenvalue weighted by atomic mass is 10.1. The van der Waals surface area contributed by atoms with E-state index < -0.39 is 21.9 Å². The summed E-state index contributed by atoms with van der Waals surface area (Å²) in [4.78, 5) is 24.3. The first-order valence-electron chi connectivity index (χ1n) is 9.39. The minimum absolute atomic E-state index is 0.208. The average Bonchev–Trinajstić information content (AvgIpc) is 2.75. The van der Waals surface area contributed by atoms with Crippen molar-refractivity contribution in [1.82, 2.24) is 0 Å². The van der Waals surface area contributed by atoms with Gasteiger partial charge in [-0.25, -0.2) is 13.2 Å². The predicted molar refractivity (Wildman–Crippen MR) is 119 cm³/mol. The molecule has 0 saturated carbocycles. The summed E-state index contributed by atoms with van der Waals surface area (Å²) in [7, 11) is -2.48. The smallest absolute Gasteiger partial charge is 0.337 e. The molecular formula is C23H22N2O5S. The van der Waals surface area contributed by atoms with E-state index in [1.54, 1.807) is 37.3 Å². The fourth-order valence-corrected chi connectivity index (χ4v) is 4.33. The Bertz CT molecular complexity index is 1240. The highest BCUT2D eigenvalue weighted by molar-refractivity contribution is 7.92. The molecule has 3 aromatic rings. The second kappa shape index (κ2) is 9.01. The van der Waals surface area contributed by atoms with Gasteiger partial charge < -0.3 is 10.1 Å². The lowest BCUT2D eigenvalue weighted by Crippen LogP contribution is -2.15. The van der Waals surface area contributed by atoms with Crippen molar-refractivity contribution in [3.05, 3.63) is 89.0 Å². The molecule has 0 heterocycles. The Balaban J connectivity index is 1.73. The zero-order valence-corrected chi connectivity index (χ0v) is 18.1. The molecule has 0 aromatic heterocycles. The molecule has 2 N–H and O–H groups in total. The minimum Gasteiger partial charge on any atom is -0.465 e. The summed E-state index contributed by atoms with van der Waals surface area (Å²) in [6, 6.07) is 17.7. The molecule has 0 radical (unpaired) electrons. The molecule has 0 aliphatic rings. The highest BCUT2D eigenvalue weighted by Crippen LogP contribution is 2.21. The first kappa shape index (κ1) is 22.0. The van der Waals surface area contributed by atoms with Crippen molar-refractivity contribution in [2.45, 2.75) is 18.7 Å². The van der Waals surface area contributed by atoms with Crippen LogP contribution < -0.4 is 10.0 Å². The van der Waals surface area contributed by atoms with E-state index in [1.807, 2.05) is 13.0 Å². The zero-order valence-electron chi connectivity index (χ0n) is 17.3. The van der Waals surface area contributed by atoms with E-state index in [9.17, 15) is 18.0 Å². The van der Waals surface area contributed by atoms with Crippen LogP contribution in [0.5, 0.6) is 0 Å². The largest absolute Gasteiger partial charge is 0.465 e. The molecule has 0 aliphatic heterocycles. The predicted octanol–water partition coefficient (Wildman–Crippen LogP) is 4.14. The zero-order chi connectivity index (χ0) is 22.6. The molecule has 0 aliphatic carbocycles. The third kappa shape index (κ3) is 5.29. The topological polar surface area (TPSA) is 102 Å². The minimum atomic E-state index is -3.76. The van der Waals surface area contributed by atoms with Crippen LogP contribution in [-0.4, -0.2) is 27.4 Å². The Hall–Kier alpha value is -3.65. The van der Waals surface area contributed by atoms with Crippen LogP contribution in [0.25, 0.3) is 0 Å². The Morgan fingerprint density at radius 1 is 0.839 bits per heavy atom. The van der Waals surface area contributed by atoms with Crippen LogP contribution >= 0.6 is 0 Å². The number of aryl methyl sites for hydroxylation is 2. The summed E-state index contributed by atoms with van der Waals surface area (Å²) in [6.07, 6.45) is 0. The molecule has 0 unspecified atom stereocenters. The quantitative estimate of drug-likeness (QED) is 0.563. The summed E-state index contributed by atoms with van der Waals surface area (Å²) >= 11 is 0. The number of anilines is 2. The molecular weight excluding hydrogens is 416 g/mol. The van der Waals surface area contributed by atoms with Gasteiger partial charge in [-0.15, -0.1) is 0 Å². The molecule has 7 nitrogen and oxygen atoms in total. The van der Waals surface area contributed by atoms with Crippen LogP contribution in [0, 0.1) is 13.8 Å². The third-order valence-electron chi connectivity index (χ3n) is 4.57. The Labute approximate surface area is 181 Å². The van der Waals surface area contributed by atoms with Gasteiger partial charge in [0, 0.05) is 16.9 Å². The number of sulfonamides is 1. The molecule has 8 heteroatoms. The van der Waals surface area contributed by atoms with Gasteiger partial charge in [0.15, 0.2) is 0 Å². The lowest BCUT2D eigenvalue weighted by molar-refractivity contribution is 0.0600. The van der Waals surface area contributed by atoms with Crippen LogP contribution in [0.1, 0.15) is 31.8 Å². The number of methoxy groups -OCH3 is 1. The number of hydrogen-bond acceptors (Lipinski definition) is 5. The van der Waals surface area contributed by atoms with Crippen molar-refractivity contribution < 1.29 is 22.7 Å². The van der Waals surface area contributed by atoms with Gasteiger partial charge >= 0.3 is 5.97 Å². The molecule has 0 spiro atoms. The second-order valence-electron chi connectivity index (χ2n) is 6.98. The maximum atomic E-state index is 12.7. The molecule has 3 rings (SSSR count). The fourth-order valence-electron chi connectivity index (χ4n) is 2.94. The van der Waals surface area contributed by atoms with Crippen LogP contribution in [-0.2, 0) is 14.8 Å². The van der Waals surface area contributed by atoms with Gasteiger partial charge in [0.1, 0.15) is 0 Å². The number of benzene rings is 3. The summed E-state index contributed by atoms with van der Waals surface area (Å²) in [5.41, 5.74) is 2.91. The van der Waals surface area contributed by atoms with Crippen molar-refractivity contribution in [1.29, 1.82) is 0 Å². The molecule has 0 atom stereocenters. The van der Waals surface area contributed by atoms with Crippen LogP contribution in [0.3, 0.4) is 0 Å². The fraction of sp³-hybridized carbons (Fsp3) is 0.130. The molecule has 3 aromatic carbocycles. The van der Waals surface area contributed by atoms with Gasteiger partial charge in [0.25, 0.3) is 15.9 Å². The summed E-state index contributed by atoms with van der Waals surface area (Å²) in [6.45, 7) is 3.56. The van der Waals surface area contributed by atoms with Crippen molar-refractivity contribution in [2.75, 3.05) is 17.1 Å². The Morgan fingerprint density at radius 2 is 1.55 bits per heavy atom. The Morgan fingerprint density at radius 3 is 2.23 bits per heavy atom. The van der Waals surface area contributed by atoms with Crippen molar-refractivity contribution in [3.8, 4) is 0 Å². The first-order valence-corrected chi connectivity index (χ1v) is 10.9. The van der Waals surface area contributed by atoms with Gasteiger partial charge in [-0.1, -0.05) is 18.2 Å². The summed E-state index contributed by atoms with van der Waals surface area (Å²) < 4.78 is 32.6. The second-order valence-corrected chi connectivity index (χ2v) is 8.63. The number of esters is 1. The molecule has 0 bridgehead atoms. The van der Waals surface area contributed by atoms with Gasteiger partial charge in [0.05, 0.1) is 17.6 Å². The van der Waals surface area contributed by atoms with E-state index in [2.05, 4.69) is 14.8 Å². The van der Waals surface area contributed by atoms with Gasteiger partial charge in [-0.2, -0.15) is 0 Å². The molecule has 0 fully saturated rings. The normalized spacial score (nSPS) is 10.9. The monoisotopic (exact) mass is 438 g/mol. The number of rotatable bonds is 6. The van der Waals surface area contributed by atoms with Crippen LogP contribution in [0.2, 0.25) is 0 Å². The standard InChI is InChI=1S/C23H22N2O5S/c1-15-7-8-16(2)21(13-15)31(28,29)25-19-11-9-17(10-12-19)22(26)24-20-6-4-5-18(14-20)23(27)30-3/h4-14,25H,1-3H3,(H,24,26). The van der Waals surface area contributed by atoms with Crippen molar-refractivity contribution >= 4 is 33.3 Å². The maximum Gasteiger partial charge on any atom is 0.337 e. The van der Waals surface area contributed by atoms with E-state index in [0.29, 0.717) is 28.1 Å². The number of nitrogens with one attached hydrogen (secondary N) is 2. The number of amides is 1. The average molecular weight is 439 g/mol. The van der Waals surface area contributed by atoms with Crippen LogP contribution in [0.15, 0.2) is 71.6 Å². The molecule has 0 saturated heterocycles. The molecule has 160 valence electrons. The van der Waals surface area contributed by atoms with E-state index in [0.717, 1.165) is 5.56 Å². The van der Waals surface area contributed by atoms with Gasteiger partial charge in [-0.3, -0.25) is 9.52 Å². The lowest BCUT2D eigenvalue weighted by Gasteiger charge is -2.12. The molecule has 1 amide bonds.